The summed E-state index contributed by atoms with van der Waals surface area (Å²) in [5.74, 6) is 0.500. The fraction of sp³-hybridized carbons (Fsp3) is 0.600. The fourth-order valence-corrected chi connectivity index (χ4v) is 8.51. The highest BCUT2D eigenvalue weighted by molar-refractivity contribution is 7.89. The minimum absolute atomic E-state index is 0.0148. The van der Waals surface area contributed by atoms with Crippen molar-refractivity contribution in [3.05, 3.63) is 54.1 Å². The molecule has 2 aromatic rings. The second kappa shape index (κ2) is 16.6. The van der Waals surface area contributed by atoms with Crippen LogP contribution in [0.3, 0.4) is 0 Å². The molecule has 14 nitrogen and oxygen atoms in total. The number of hydrogen-bond donors (Lipinski definition) is 3. The van der Waals surface area contributed by atoms with Gasteiger partial charge in [0.05, 0.1) is 42.9 Å². The monoisotopic (exact) mass is 719 g/mol. The van der Waals surface area contributed by atoms with Crippen LogP contribution in [-0.2, 0) is 30.7 Å². The number of rotatable bonds is 17. The van der Waals surface area contributed by atoms with Gasteiger partial charge in [0.25, 0.3) is 0 Å². The van der Waals surface area contributed by atoms with Crippen molar-refractivity contribution < 1.29 is 51.9 Å². The zero-order valence-electron chi connectivity index (χ0n) is 28.9. The molecule has 3 aliphatic rings. The Kier molecular flexibility index (Phi) is 12.5. The third-order valence-corrected chi connectivity index (χ3v) is 11.2. The molecule has 2 saturated heterocycles. The molecule has 5 rings (SSSR count). The average molecular weight is 720 g/mol. The van der Waals surface area contributed by atoms with Crippen LogP contribution in [0.15, 0.2) is 53.4 Å². The van der Waals surface area contributed by atoms with Crippen molar-refractivity contribution in [1.29, 1.82) is 0 Å². The fourth-order valence-electron chi connectivity index (χ4n) is 6.85. The van der Waals surface area contributed by atoms with Gasteiger partial charge in [0.1, 0.15) is 0 Å². The molecule has 276 valence electrons. The minimum atomic E-state index is -4.26. The molecule has 2 fully saturated rings. The van der Waals surface area contributed by atoms with E-state index in [9.17, 15) is 28.2 Å². The molecule has 0 aliphatic carbocycles. The third kappa shape index (κ3) is 9.18. The molecule has 50 heavy (non-hydrogen) atoms. The normalized spacial score (nSPS) is 21.1. The first-order valence-corrected chi connectivity index (χ1v) is 18.6. The van der Waals surface area contributed by atoms with Crippen LogP contribution in [0.4, 0.5) is 9.59 Å². The van der Waals surface area contributed by atoms with Crippen molar-refractivity contribution in [1.82, 2.24) is 14.5 Å². The van der Waals surface area contributed by atoms with Gasteiger partial charge in [-0.2, -0.15) is 4.31 Å². The van der Waals surface area contributed by atoms with Crippen molar-refractivity contribution in [3.63, 3.8) is 0 Å². The van der Waals surface area contributed by atoms with Gasteiger partial charge in [-0.1, -0.05) is 51.1 Å². The van der Waals surface area contributed by atoms with Crippen LogP contribution in [0.1, 0.15) is 52.0 Å². The molecule has 0 spiro atoms. The van der Waals surface area contributed by atoms with E-state index < -0.39 is 58.6 Å². The van der Waals surface area contributed by atoms with Gasteiger partial charge in [0, 0.05) is 31.6 Å². The van der Waals surface area contributed by atoms with Crippen molar-refractivity contribution in [2.24, 2.45) is 11.3 Å². The summed E-state index contributed by atoms with van der Waals surface area (Å²) in [6, 6.07) is 12.0. The van der Waals surface area contributed by atoms with Gasteiger partial charge in [0.2, 0.25) is 16.8 Å². The van der Waals surface area contributed by atoms with Crippen molar-refractivity contribution in [2.45, 2.75) is 82.2 Å². The van der Waals surface area contributed by atoms with Gasteiger partial charge in [-0.15, -0.1) is 0 Å². The van der Waals surface area contributed by atoms with Crippen molar-refractivity contribution in [3.8, 4) is 11.5 Å². The minimum Gasteiger partial charge on any atom is -0.465 e. The second-order valence-electron chi connectivity index (χ2n) is 13.7. The predicted molar refractivity (Wildman–Crippen MR) is 181 cm³/mol. The van der Waals surface area contributed by atoms with E-state index in [0.717, 1.165) is 12.0 Å². The number of carbonyl (C=O) groups excluding carboxylic acids is 1. The number of benzene rings is 2. The Labute approximate surface area is 293 Å². The van der Waals surface area contributed by atoms with Gasteiger partial charge >= 0.3 is 12.2 Å². The van der Waals surface area contributed by atoms with Crippen molar-refractivity contribution in [2.75, 3.05) is 46.2 Å². The Hall–Kier alpha value is -3.63. The molecule has 0 radical (unpaired) electrons. The van der Waals surface area contributed by atoms with E-state index in [1.54, 1.807) is 0 Å². The van der Waals surface area contributed by atoms with Gasteiger partial charge in [-0.25, -0.2) is 18.0 Å². The Morgan fingerprint density at radius 3 is 2.60 bits per heavy atom. The van der Waals surface area contributed by atoms with Crippen LogP contribution < -0.4 is 14.8 Å². The summed E-state index contributed by atoms with van der Waals surface area (Å²) >= 11 is 0. The van der Waals surface area contributed by atoms with Gasteiger partial charge in [0.15, 0.2) is 17.8 Å². The molecule has 2 amide bonds. The van der Waals surface area contributed by atoms with Crippen LogP contribution in [0, 0.1) is 11.3 Å². The van der Waals surface area contributed by atoms with Crippen molar-refractivity contribution >= 4 is 22.2 Å². The Morgan fingerprint density at radius 2 is 1.86 bits per heavy atom. The lowest BCUT2D eigenvalue weighted by Gasteiger charge is -2.40. The van der Waals surface area contributed by atoms with Gasteiger partial charge < -0.3 is 39.2 Å². The van der Waals surface area contributed by atoms with Crippen LogP contribution in [0.2, 0.25) is 0 Å². The number of amides is 2. The second-order valence-corrected chi connectivity index (χ2v) is 15.7. The van der Waals surface area contributed by atoms with Crippen LogP contribution in [-0.4, -0.2) is 111 Å². The molecule has 0 aromatic heterocycles. The molecular formula is C35H49N3O11S. The van der Waals surface area contributed by atoms with E-state index in [-0.39, 0.29) is 49.5 Å². The molecule has 15 heteroatoms. The number of carboxylic acid groups (broad SMARTS) is 1. The SMILES string of the molecule is CCCNC(=O)OCCCC(C)(C)CN(C[C@@H](O)[C@H](Cc1ccccc1)N(C(=O)O)[C@H]1CO[C@H]2OCC[C@H]21)S(=O)(=O)c1ccc2c(c1)OCO2. The molecule has 3 aliphatic heterocycles. The van der Waals surface area contributed by atoms with Crippen LogP contribution in [0.25, 0.3) is 0 Å². The Morgan fingerprint density at radius 1 is 1.10 bits per heavy atom. The van der Waals surface area contributed by atoms with E-state index in [4.69, 9.17) is 23.7 Å². The van der Waals surface area contributed by atoms with Crippen LogP contribution >= 0.6 is 0 Å². The lowest BCUT2D eigenvalue weighted by molar-refractivity contribution is -0.0906. The summed E-state index contributed by atoms with van der Waals surface area (Å²) in [5.41, 5.74) is 0.149. The molecule has 0 saturated carbocycles. The number of aliphatic hydroxyl groups is 1. The number of nitrogens with zero attached hydrogens (tertiary/aromatic N) is 2. The number of fused-ring (bicyclic) bond motifs is 2. The average Bonchev–Trinajstić information content (AvgIpc) is 3.84. The number of hydrogen-bond acceptors (Lipinski definition) is 10. The maximum atomic E-state index is 14.4. The molecule has 3 heterocycles. The van der Waals surface area contributed by atoms with E-state index in [2.05, 4.69) is 5.32 Å². The Balaban J connectivity index is 1.42. The molecule has 0 unspecified atom stereocenters. The largest absolute Gasteiger partial charge is 0.465 e. The lowest BCUT2D eigenvalue weighted by atomic mass is 9.87. The van der Waals surface area contributed by atoms with E-state index in [1.165, 1.54) is 27.4 Å². The standard InChI is InChI=1S/C35H49N3O11S/c1-4-15-36-33(40)46-16-8-14-35(2,3)22-37(50(43,44)25-11-12-30-31(19-25)49-23-48-30)20-29(39)27(18-24-9-6-5-7-10-24)38(34(41)42)28-21-47-32-26(28)13-17-45-32/h5-7,9-12,19,26-29,32,39H,4,8,13-18,20-23H2,1-3H3,(H,36,40)(H,41,42)/t26-,27-,28-,29+,32+/m0/s1. The number of alkyl carbamates (subject to hydrolysis) is 1. The summed E-state index contributed by atoms with van der Waals surface area (Å²) in [6.07, 6.45) is -1.20. The number of sulfonamides is 1. The predicted octanol–water partition coefficient (Wildman–Crippen LogP) is 4.06. The summed E-state index contributed by atoms with van der Waals surface area (Å²) in [6.45, 7) is 6.51. The quantitative estimate of drug-likeness (QED) is 0.201. The number of aliphatic hydroxyl groups excluding tert-OH is 1. The highest BCUT2D eigenvalue weighted by Gasteiger charge is 2.49. The topological polar surface area (TPSA) is 173 Å². The van der Waals surface area contributed by atoms with E-state index in [1.807, 2.05) is 51.1 Å². The lowest BCUT2D eigenvalue weighted by Crippen LogP contribution is -2.58. The maximum Gasteiger partial charge on any atom is 0.407 e. The summed E-state index contributed by atoms with van der Waals surface area (Å²) in [5, 5.41) is 25.4. The molecule has 5 atom stereocenters. The van der Waals surface area contributed by atoms with Gasteiger partial charge in [-0.05, 0) is 55.2 Å². The maximum absolute atomic E-state index is 14.4. The first-order chi connectivity index (χ1) is 23.9. The van der Waals surface area contributed by atoms with Gasteiger partial charge in [-0.3, -0.25) is 4.90 Å². The molecule has 2 aromatic carbocycles. The molecule has 0 bridgehead atoms. The molecular weight excluding hydrogens is 670 g/mol. The van der Waals surface area contributed by atoms with E-state index >= 15 is 0 Å². The highest BCUT2D eigenvalue weighted by atomic mass is 32.2. The van der Waals surface area contributed by atoms with Crippen LogP contribution in [0.5, 0.6) is 11.5 Å². The molecule has 3 N–H and O–H groups in total. The number of carbonyl (C=O) groups is 2. The highest BCUT2D eigenvalue weighted by Crippen LogP contribution is 2.38. The van der Waals surface area contributed by atoms with E-state index in [0.29, 0.717) is 38.2 Å². The first kappa shape index (κ1) is 37.6. The zero-order valence-corrected chi connectivity index (χ0v) is 29.7. The summed E-state index contributed by atoms with van der Waals surface area (Å²) < 4.78 is 57.7. The third-order valence-electron chi connectivity index (χ3n) is 9.40. The summed E-state index contributed by atoms with van der Waals surface area (Å²) in [4.78, 5) is 26.1. The smallest absolute Gasteiger partial charge is 0.407 e. The number of ether oxygens (including phenoxy) is 5. The first-order valence-electron chi connectivity index (χ1n) is 17.2. The number of nitrogens with one attached hydrogen (secondary N) is 1. The Bertz CT molecular complexity index is 1560. The zero-order chi connectivity index (χ0) is 35.9. The summed E-state index contributed by atoms with van der Waals surface area (Å²) in [7, 11) is -4.26.